The fourth-order valence-corrected chi connectivity index (χ4v) is 2.91. The Morgan fingerprint density at radius 1 is 1.26 bits per heavy atom. The van der Waals surface area contributed by atoms with Gasteiger partial charge in [-0.15, -0.1) is 11.3 Å². The molecule has 3 rings (SSSR count). The van der Waals surface area contributed by atoms with E-state index in [-0.39, 0.29) is 5.91 Å². The third kappa shape index (κ3) is 2.37. The average Bonchev–Trinajstić information content (AvgIpc) is 2.97. The lowest BCUT2D eigenvalue weighted by molar-refractivity contribution is 0.103. The van der Waals surface area contributed by atoms with E-state index in [0.29, 0.717) is 9.21 Å². The lowest BCUT2D eigenvalue weighted by atomic mass is 10.2. The molecule has 0 aliphatic rings. The topological polar surface area (TPSA) is 34.0 Å². The summed E-state index contributed by atoms with van der Waals surface area (Å²) < 4.78 is 2.63. The minimum Gasteiger partial charge on any atom is -0.350 e. The van der Waals surface area contributed by atoms with Crippen LogP contribution in [0.4, 0.5) is 5.69 Å². The first-order valence-corrected chi connectivity index (χ1v) is 6.95. The summed E-state index contributed by atoms with van der Waals surface area (Å²) in [7, 11) is 1.98. The second-order valence-electron chi connectivity index (χ2n) is 4.26. The number of amides is 1. The maximum atomic E-state index is 12.0. The van der Waals surface area contributed by atoms with E-state index >= 15 is 0 Å². The van der Waals surface area contributed by atoms with Gasteiger partial charge < -0.3 is 9.88 Å². The number of benzene rings is 1. The third-order valence-electron chi connectivity index (χ3n) is 2.94. The summed E-state index contributed by atoms with van der Waals surface area (Å²) in [6.45, 7) is 0. The number of aromatic nitrogens is 1. The van der Waals surface area contributed by atoms with E-state index < -0.39 is 0 Å². The van der Waals surface area contributed by atoms with Gasteiger partial charge in [0.15, 0.2) is 0 Å². The molecule has 0 saturated heterocycles. The molecule has 0 aliphatic carbocycles. The van der Waals surface area contributed by atoms with Crippen LogP contribution in [0.3, 0.4) is 0 Å². The predicted molar refractivity (Wildman–Crippen MR) is 80.2 cm³/mol. The van der Waals surface area contributed by atoms with Gasteiger partial charge in [0.1, 0.15) is 0 Å². The molecule has 1 amide bonds. The monoisotopic (exact) mass is 290 g/mol. The Kier molecular flexibility index (Phi) is 3.05. The zero-order valence-corrected chi connectivity index (χ0v) is 11.8. The first-order chi connectivity index (χ1) is 9.13. The molecule has 3 aromatic rings. The first-order valence-electron chi connectivity index (χ1n) is 5.75. The van der Waals surface area contributed by atoms with Crippen molar-refractivity contribution in [3.63, 3.8) is 0 Å². The Morgan fingerprint density at radius 2 is 2.11 bits per heavy atom. The maximum Gasteiger partial charge on any atom is 0.265 e. The van der Waals surface area contributed by atoms with E-state index in [1.165, 1.54) is 11.3 Å². The van der Waals surface area contributed by atoms with E-state index in [9.17, 15) is 4.79 Å². The summed E-state index contributed by atoms with van der Waals surface area (Å²) in [4.78, 5) is 12.6. The normalized spacial score (nSPS) is 10.8. The molecule has 5 heteroatoms. The van der Waals surface area contributed by atoms with Crippen molar-refractivity contribution in [2.75, 3.05) is 5.32 Å². The lowest BCUT2D eigenvalue weighted by Gasteiger charge is -2.04. The number of carbonyl (C=O) groups excluding carboxylic acids is 1. The summed E-state index contributed by atoms with van der Waals surface area (Å²) >= 11 is 7.10. The molecule has 0 fully saturated rings. The number of fused-ring (bicyclic) bond motifs is 1. The molecular formula is C14H11ClN2OS. The molecule has 0 radical (unpaired) electrons. The largest absolute Gasteiger partial charge is 0.350 e. The second kappa shape index (κ2) is 4.72. The number of halogens is 1. The van der Waals surface area contributed by atoms with Crippen LogP contribution in [0.15, 0.2) is 42.6 Å². The van der Waals surface area contributed by atoms with Crippen molar-refractivity contribution in [3.05, 3.63) is 51.8 Å². The predicted octanol–water partition coefficient (Wildman–Crippen LogP) is 4.15. The molecule has 0 aliphatic heterocycles. The van der Waals surface area contributed by atoms with E-state index in [1.807, 2.05) is 42.1 Å². The molecule has 1 N–H and O–H groups in total. The fraction of sp³-hybridized carbons (Fsp3) is 0.0714. The number of hydrogen-bond donors (Lipinski definition) is 1. The molecule has 0 spiro atoms. The average molecular weight is 291 g/mol. The lowest BCUT2D eigenvalue weighted by Crippen LogP contribution is -2.09. The van der Waals surface area contributed by atoms with Crippen LogP contribution in [-0.4, -0.2) is 10.5 Å². The Labute approximate surface area is 119 Å². The van der Waals surface area contributed by atoms with E-state index in [1.54, 1.807) is 12.1 Å². The maximum absolute atomic E-state index is 12.0. The minimum absolute atomic E-state index is 0.134. The van der Waals surface area contributed by atoms with Crippen LogP contribution in [0.5, 0.6) is 0 Å². The number of carbonyl (C=O) groups is 1. The van der Waals surface area contributed by atoms with Crippen molar-refractivity contribution in [1.29, 1.82) is 0 Å². The molecule has 2 heterocycles. The zero-order valence-electron chi connectivity index (χ0n) is 10.2. The van der Waals surface area contributed by atoms with Crippen molar-refractivity contribution in [1.82, 2.24) is 4.57 Å². The van der Waals surface area contributed by atoms with Crippen LogP contribution in [0, 0.1) is 0 Å². The van der Waals surface area contributed by atoms with Crippen molar-refractivity contribution in [2.45, 2.75) is 0 Å². The standard InChI is InChI=1S/C14H11ClN2OS/c1-17-7-6-9-2-3-10(8-11(9)17)16-14(18)12-4-5-13(15)19-12/h2-8H,1H3,(H,16,18). The molecule has 1 aromatic carbocycles. The summed E-state index contributed by atoms with van der Waals surface area (Å²) in [5, 5.41) is 4.03. The zero-order chi connectivity index (χ0) is 13.4. The first kappa shape index (κ1) is 12.3. The Hall–Kier alpha value is -1.78. The summed E-state index contributed by atoms with van der Waals surface area (Å²) in [6.07, 6.45) is 2.00. The SMILES string of the molecule is Cn1ccc2ccc(NC(=O)c3ccc(Cl)s3)cc21. The second-order valence-corrected chi connectivity index (χ2v) is 5.97. The van der Waals surface area contributed by atoms with Gasteiger partial charge in [-0.25, -0.2) is 0 Å². The third-order valence-corrected chi connectivity index (χ3v) is 4.17. The Morgan fingerprint density at radius 3 is 2.84 bits per heavy atom. The molecule has 0 atom stereocenters. The van der Waals surface area contributed by atoms with Crippen LogP contribution >= 0.6 is 22.9 Å². The van der Waals surface area contributed by atoms with Crippen molar-refractivity contribution in [3.8, 4) is 0 Å². The molecule has 96 valence electrons. The summed E-state index contributed by atoms with van der Waals surface area (Å²) in [5.41, 5.74) is 1.87. The van der Waals surface area contributed by atoms with Crippen LogP contribution < -0.4 is 5.32 Å². The number of aryl methyl sites for hydroxylation is 1. The van der Waals surface area contributed by atoms with Crippen molar-refractivity contribution in [2.24, 2.45) is 7.05 Å². The van der Waals surface area contributed by atoms with Gasteiger partial charge in [-0.3, -0.25) is 4.79 Å². The Balaban J connectivity index is 1.88. The van der Waals surface area contributed by atoms with E-state index in [0.717, 1.165) is 16.6 Å². The molecule has 2 aromatic heterocycles. The molecule has 0 unspecified atom stereocenters. The summed E-state index contributed by atoms with van der Waals surface area (Å²) in [5.74, 6) is -0.134. The fourth-order valence-electron chi connectivity index (χ4n) is 1.97. The smallest absolute Gasteiger partial charge is 0.265 e. The van der Waals surface area contributed by atoms with Gasteiger partial charge in [-0.1, -0.05) is 17.7 Å². The number of hydrogen-bond acceptors (Lipinski definition) is 2. The minimum atomic E-state index is -0.134. The Bertz CT molecular complexity index is 760. The van der Waals surface area contributed by atoms with E-state index in [2.05, 4.69) is 5.32 Å². The van der Waals surface area contributed by atoms with Crippen molar-refractivity contribution >= 4 is 45.4 Å². The van der Waals surface area contributed by atoms with Crippen molar-refractivity contribution < 1.29 is 4.79 Å². The highest BCUT2D eigenvalue weighted by Crippen LogP contribution is 2.24. The van der Waals surface area contributed by atoms with Gasteiger partial charge in [-0.05, 0) is 35.7 Å². The quantitative estimate of drug-likeness (QED) is 0.756. The molecule has 0 bridgehead atoms. The number of nitrogens with zero attached hydrogens (tertiary/aromatic N) is 1. The molecule has 3 nitrogen and oxygen atoms in total. The number of anilines is 1. The molecule has 19 heavy (non-hydrogen) atoms. The van der Waals surface area contributed by atoms with Gasteiger partial charge in [0.2, 0.25) is 0 Å². The number of rotatable bonds is 2. The molecular weight excluding hydrogens is 280 g/mol. The van der Waals surface area contributed by atoms with Crippen LogP contribution in [0.2, 0.25) is 4.34 Å². The van der Waals surface area contributed by atoms with E-state index in [4.69, 9.17) is 11.6 Å². The van der Waals surface area contributed by atoms with Gasteiger partial charge >= 0.3 is 0 Å². The van der Waals surface area contributed by atoms with Gasteiger partial charge in [0.05, 0.1) is 9.21 Å². The summed E-state index contributed by atoms with van der Waals surface area (Å²) in [6, 6.07) is 11.3. The number of thiophene rings is 1. The van der Waals surface area contributed by atoms with Crippen LogP contribution in [0.25, 0.3) is 10.9 Å². The molecule has 0 saturated carbocycles. The number of nitrogens with one attached hydrogen (secondary N) is 1. The van der Waals surface area contributed by atoms with Gasteiger partial charge in [0.25, 0.3) is 5.91 Å². The van der Waals surface area contributed by atoms with Crippen LogP contribution in [-0.2, 0) is 7.05 Å². The highest BCUT2D eigenvalue weighted by molar-refractivity contribution is 7.18. The van der Waals surface area contributed by atoms with Gasteiger partial charge in [0, 0.05) is 24.4 Å². The van der Waals surface area contributed by atoms with Gasteiger partial charge in [-0.2, -0.15) is 0 Å². The highest BCUT2D eigenvalue weighted by Gasteiger charge is 2.09. The highest BCUT2D eigenvalue weighted by atomic mass is 35.5. The van der Waals surface area contributed by atoms with Crippen LogP contribution in [0.1, 0.15) is 9.67 Å².